The third-order valence-electron chi connectivity index (χ3n) is 9.16. The van der Waals surface area contributed by atoms with Crippen molar-refractivity contribution in [3.63, 3.8) is 0 Å². The van der Waals surface area contributed by atoms with Gasteiger partial charge < -0.3 is 10.6 Å². The molecule has 2 nitrogen and oxygen atoms in total. The number of fused-ring (bicyclic) bond motifs is 1. The number of nitrogens with two attached hydrogens (primary N) is 1. The second kappa shape index (κ2) is 7.13. The lowest BCUT2D eigenvalue weighted by molar-refractivity contribution is -0.237. The second-order valence-electron chi connectivity index (χ2n) is 11.6. The minimum Gasteiger partial charge on any atom is -0.333 e. The van der Waals surface area contributed by atoms with Gasteiger partial charge in [0, 0.05) is 13.1 Å². The SMILES string of the molecule is CC1(C)CCCN(CC23CC4CC5CC(C)(C2)C45C3)C1.CN.c1ccccc1. The zero-order chi connectivity index (χ0) is 20.0. The molecule has 0 aromatic heterocycles. The lowest BCUT2D eigenvalue weighted by Crippen LogP contribution is -2.65. The summed E-state index contributed by atoms with van der Waals surface area (Å²) in [6.07, 6.45) is 10.8. The Hall–Kier alpha value is -0.860. The summed E-state index contributed by atoms with van der Waals surface area (Å²) in [7, 11) is 1.50. The van der Waals surface area contributed by atoms with Crippen LogP contribution in [0.2, 0.25) is 0 Å². The third-order valence-corrected chi connectivity index (χ3v) is 9.16. The van der Waals surface area contributed by atoms with Crippen LogP contribution in [-0.2, 0) is 0 Å². The predicted octanol–water partition coefficient (Wildman–Crippen LogP) is 5.59. The van der Waals surface area contributed by atoms with E-state index in [1.54, 1.807) is 32.1 Å². The largest absolute Gasteiger partial charge is 0.333 e. The topological polar surface area (TPSA) is 29.3 Å². The van der Waals surface area contributed by atoms with Gasteiger partial charge in [0.1, 0.15) is 0 Å². The van der Waals surface area contributed by atoms with E-state index in [4.69, 9.17) is 0 Å². The Kier molecular flexibility index (Phi) is 5.20. The number of rotatable bonds is 2. The minimum atomic E-state index is 0.564. The molecule has 5 atom stereocenters. The van der Waals surface area contributed by atoms with Gasteiger partial charge in [-0.3, -0.25) is 0 Å². The fraction of sp³-hybridized carbons (Fsp3) is 0.769. The van der Waals surface area contributed by atoms with Gasteiger partial charge in [-0.1, -0.05) is 57.2 Å². The molecule has 1 aromatic carbocycles. The molecule has 4 saturated carbocycles. The summed E-state index contributed by atoms with van der Waals surface area (Å²) in [5.74, 6) is 2.29. The molecular weight excluding hydrogens is 340 g/mol. The molecule has 1 aliphatic heterocycles. The molecule has 5 unspecified atom stereocenters. The first-order valence-electron chi connectivity index (χ1n) is 11.7. The Morgan fingerprint density at radius 2 is 1.50 bits per heavy atom. The van der Waals surface area contributed by atoms with Crippen LogP contribution < -0.4 is 5.73 Å². The van der Waals surface area contributed by atoms with E-state index in [0.29, 0.717) is 5.41 Å². The number of benzene rings is 1. The Morgan fingerprint density at radius 3 is 2.00 bits per heavy atom. The van der Waals surface area contributed by atoms with Gasteiger partial charge in [-0.25, -0.2) is 0 Å². The van der Waals surface area contributed by atoms with E-state index >= 15 is 0 Å². The molecule has 1 heterocycles. The molecule has 5 aliphatic rings. The maximum absolute atomic E-state index is 4.50. The molecule has 5 fully saturated rings. The summed E-state index contributed by atoms with van der Waals surface area (Å²) in [6, 6.07) is 12.0. The van der Waals surface area contributed by atoms with Crippen LogP contribution in [0.3, 0.4) is 0 Å². The summed E-state index contributed by atoms with van der Waals surface area (Å²) in [6.45, 7) is 11.8. The number of hydrogen-bond acceptors (Lipinski definition) is 2. The van der Waals surface area contributed by atoms with Crippen molar-refractivity contribution in [2.75, 3.05) is 26.7 Å². The van der Waals surface area contributed by atoms with Gasteiger partial charge in [0.05, 0.1) is 0 Å². The van der Waals surface area contributed by atoms with Crippen molar-refractivity contribution >= 4 is 0 Å². The Bertz CT molecular complexity index is 644. The van der Waals surface area contributed by atoms with Crippen molar-refractivity contribution in [3.05, 3.63) is 36.4 Å². The maximum atomic E-state index is 4.50. The summed E-state index contributed by atoms with van der Waals surface area (Å²) in [4.78, 5) is 2.86. The molecule has 6 rings (SSSR count). The maximum Gasteiger partial charge on any atom is 0.00387 e. The predicted molar refractivity (Wildman–Crippen MR) is 119 cm³/mol. The van der Waals surface area contributed by atoms with Crippen LogP contribution >= 0.6 is 0 Å². The van der Waals surface area contributed by atoms with Crippen LogP contribution in [0.5, 0.6) is 0 Å². The van der Waals surface area contributed by atoms with Gasteiger partial charge in [0.15, 0.2) is 0 Å². The summed E-state index contributed by atoms with van der Waals surface area (Å²) in [5, 5.41) is 0. The van der Waals surface area contributed by atoms with Crippen LogP contribution in [0.25, 0.3) is 0 Å². The van der Waals surface area contributed by atoms with E-state index in [9.17, 15) is 0 Å². The lowest BCUT2D eigenvalue weighted by Gasteiger charge is -2.72. The van der Waals surface area contributed by atoms with E-state index in [1.165, 1.54) is 39.5 Å². The molecular formula is C26H42N2. The van der Waals surface area contributed by atoms with Gasteiger partial charge in [-0.15, -0.1) is 0 Å². The minimum absolute atomic E-state index is 0.564. The van der Waals surface area contributed by atoms with Crippen molar-refractivity contribution in [1.82, 2.24) is 4.90 Å². The average Bonchev–Trinajstić information content (AvgIpc) is 3.08. The van der Waals surface area contributed by atoms with E-state index < -0.39 is 0 Å². The molecule has 2 bridgehead atoms. The van der Waals surface area contributed by atoms with Gasteiger partial charge >= 0.3 is 0 Å². The highest BCUT2D eigenvalue weighted by Gasteiger charge is 2.82. The summed E-state index contributed by atoms with van der Waals surface area (Å²) in [5.41, 5.74) is 7.43. The fourth-order valence-electron chi connectivity index (χ4n) is 8.69. The van der Waals surface area contributed by atoms with Crippen LogP contribution in [0.15, 0.2) is 36.4 Å². The van der Waals surface area contributed by atoms with E-state index in [-0.39, 0.29) is 0 Å². The third kappa shape index (κ3) is 3.06. The quantitative estimate of drug-likeness (QED) is 0.723. The number of hydrogen-bond donors (Lipinski definition) is 1. The van der Waals surface area contributed by atoms with Gasteiger partial charge in [0.2, 0.25) is 0 Å². The Morgan fingerprint density at radius 1 is 0.893 bits per heavy atom. The van der Waals surface area contributed by atoms with Crippen molar-refractivity contribution in [3.8, 4) is 0 Å². The van der Waals surface area contributed by atoms with Gasteiger partial charge in [0.25, 0.3) is 0 Å². The first kappa shape index (κ1) is 20.4. The average molecular weight is 383 g/mol. The normalized spacial score (nSPS) is 44.0. The summed E-state index contributed by atoms with van der Waals surface area (Å²) >= 11 is 0. The van der Waals surface area contributed by atoms with E-state index in [2.05, 4.69) is 31.4 Å². The zero-order valence-corrected chi connectivity index (χ0v) is 18.7. The molecule has 1 saturated heterocycles. The fourth-order valence-corrected chi connectivity index (χ4v) is 8.69. The highest BCUT2D eigenvalue weighted by molar-refractivity contribution is 5.31. The smallest absolute Gasteiger partial charge is 0.00387 e. The van der Waals surface area contributed by atoms with Crippen LogP contribution in [-0.4, -0.2) is 31.6 Å². The van der Waals surface area contributed by atoms with Crippen LogP contribution in [0, 0.1) is 33.5 Å². The zero-order valence-electron chi connectivity index (χ0n) is 18.7. The van der Waals surface area contributed by atoms with Crippen LogP contribution in [0.1, 0.15) is 65.7 Å². The molecule has 2 heteroatoms. The Labute approximate surface area is 173 Å². The molecule has 0 radical (unpaired) electrons. The number of nitrogens with zero attached hydrogens (tertiary/aromatic N) is 1. The second-order valence-corrected chi connectivity index (χ2v) is 11.6. The van der Waals surface area contributed by atoms with Crippen molar-refractivity contribution < 1.29 is 0 Å². The molecule has 4 aliphatic carbocycles. The number of piperidine rings is 1. The Balaban J connectivity index is 0.000000205. The van der Waals surface area contributed by atoms with Crippen LogP contribution in [0.4, 0.5) is 0 Å². The molecule has 1 aromatic rings. The van der Waals surface area contributed by atoms with E-state index in [0.717, 1.165) is 28.1 Å². The first-order valence-corrected chi connectivity index (χ1v) is 11.7. The molecule has 156 valence electrons. The summed E-state index contributed by atoms with van der Waals surface area (Å²) < 4.78 is 0. The molecule has 28 heavy (non-hydrogen) atoms. The standard InChI is InChI=1S/C19H31N.C6H6.CH5N/c1-16(2)5-4-6-20(12-16)13-18-9-15-7-14-8-17(3,10-18)19(14,15)11-18;1-2-4-6-5-3-1;1-2/h14-15H,4-13H2,1-3H3;1-6H;2H2,1H3. The first-order chi connectivity index (χ1) is 13.4. The molecule has 0 amide bonds. The monoisotopic (exact) mass is 382 g/mol. The van der Waals surface area contributed by atoms with E-state index in [1.807, 2.05) is 36.4 Å². The van der Waals surface area contributed by atoms with Gasteiger partial charge in [-0.2, -0.15) is 0 Å². The van der Waals surface area contributed by atoms with Gasteiger partial charge in [-0.05, 0) is 92.0 Å². The number of likely N-dealkylation sites (tertiary alicyclic amines) is 1. The van der Waals surface area contributed by atoms with Crippen molar-refractivity contribution in [2.45, 2.75) is 65.7 Å². The lowest BCUT2D eigenvalue weighted by atomic mass is 9.32. The molecule has 1 spiro atoms. The molecule has 2 N–H and O–H groups in total. The van der Waals surface area contributed by atoms with Crippen molar-refractivity contribution in [2.24, 2.45) is 39.2 Å². The highest BCUT2D eigenvalue weighted by Crippen LogP contribution is 2.89. The highest BCUT2D eigenvalue weighted by atomic mass is 15.2. The van der Waals surface area contributed by atoms with Crippen molar-refractivity contribution in [1.29, 1.82) is 0 Å².